The minimum absolute atomic E-state index is 0.583. The lowest BCUT2D eigenvalue weighted by Gasteiger charge is -2.31. The van der Waals surface area contributed by atoms with Crippen molar-refractivity contribution in [3.8, 4) is 0 Å². The molecule has 2 aliphatic heterocycles. The van der Waals surface area contributed by atoms with Crippen molar-refractivity contribution >= 4 is 23.0 Å². The van der Waals surface area contributed by atoms with Crippen LogP contribution in [0.4, 0.5) is 0 Å². The Bertz CT molecular complexity index is 1030. The van der Waals surface area contributed by atoms with Crippen LogP contribution in [0, 0.1) is 6.92 Å². The summed E-state index contributed by atoms with van der Waals surface area (Å²) in [5, 5.41) is 0. The van der Waals surface area contributed by atoms with Crippen LogP contribution in [-0.4, -0.2) is 49.7 Å². The fourth-order valence-electron chi connectivity index (χ4n) is 4.46. The van der Waals surface area contributed by atoms with E-state index in [0.717, 1.165) is 41.7 Å². The van der Waals surface area contributed by atoms with E-state index in [1.54, 1.807) is 4.90 Å². The Morgan fingerprint density at radius 1 is 1.17 bits per heavy atom. The number of likely N-dealkylation sites (tertiary alicyclic amines) is 1. The molecule has 8 heteroatoms. The number of aryl methyl sites for hydroxylation is 2. The zero-order valence-electron chi connectivity index (χ0n) is 16.3. The van der Waals surface area contributed by atoms with E-state index in [2.05, 4.69) is 30.1 Å². The number of nitrogens with zero attached hydrogens (tertiary/aromatic N) is 2. The van der Waals surface area contributed by atoms with Gasteiger partial charge in [-0.15, -0.1) is 0 Å². The van der Waals surface area contributed by atoms with Crippen LogP contribution >= 0.6 is 0 Å². The van der Waals surface area contributed by atoms with E-state index in [4.69, 9.17) is 4.18 Å². The van der Waals surface area contributed by atoms with Gasteiger partial charge in [-0.1, -0.05) is 29.3 Å². The molecule has 2 heterocycles. The average molecular weight is 416 g/mol. The maximum atomic E-state index is 11.4. The molecule has 154 valence electrons. The third kappa shape index (κ3) is 4.34. The molecule has 0 saturated carbocycles. The Morgan fingerprint density at radius 2 is 1.93 bits per heavy atom. The van der Waals surface area contributed by atoms with Crippen LogP contribution in [0.2, 0.25) is 0 Å². The van der Waals surface area contributed by atoms with Crippen molar-refractivity contribution in [3.05, 3.63) is 57.3 Å². The molecule has 7 nitrogen and oxygen atoms in total. The van der Waals surface area contributed by atoms with Gasteiger partial charge >= 0.3 is 10.4 Å². The molecule has 1 aromatic rings. The van der Waals surface area contributed by atoms with Crippen molar-refractivity contribution in [3.63, 3.8) is 0 Å². The molecule has 1 unspecified atom stereocenters. The predicted molar refractivity (Wildman–Crippen MR) is 109 cm³/mol. The molecule has 1 aliphatic carbocycles. The Kier molecular flexibility index (Phi) is 5.42. The Hall–Kier alpha value is -2.29. The number of carbonyl (C=O) groups excluding carboxylic acids is 1. The molecule has 29 heavy (non-hydrogen) atoms. The van der Waals surface area contributed by atoms with E-state index in [0.29, 0.717) is 32.4 Å². The molecule has 1 fully saturated rings. The van der Waals surface area contributed by atoms with Gasteiger partial charge in [0.25, 0.3) is 0 Å². The van der Waals surface area contributed by atoms with Gasteiger partial charge in [0, 0.05) is 31.4 Å². The highest BCUT2D eigenvalue weighted by molar-refractivity contribution is 7.80. The molecule has 3 aliphatic rings. The maximum absolute atomic E-state index is 11.4. The molecule has 1 aromatic carbocycles. The molecule has 1 saturated heterocycles. The summed E-state index contributed by atoms with van der Waals surface area (Å²) in [5.41, 5.74) is 7.52. The second-order valence-electron chi connectivity index (χ2n) is 7.76. The van der Waals surface area contributed by atoms with E-state index < -0.39 is 16.5 Å². The van der Waals surface area contributed by atoms with Gasteiger partial charge in [0.2, 0.25) is 6.41 Å². The van der Waals surface area contributed by atoms with Gasteiger partial charge in [0.15, 0.2) is 0 Å². The molecule has 4 rings (SSSR count). The van der Waals surface area contributed by atoms with E-state index in [1.807, 2.05) is 0 Å². The van der Waals surface area contributed by atoms with Crippen LogP contribution in [0.5, 0.6) is 0 Å². The molecule has 1 atom stereocenters. The van der Waals surface area contributed by atoms with Gasteiger partial charge < -0.3 is 4.90 Å². The lowest BCUT2D eigenvalue weighted by molar-refractivity contribution is -0.118. The molecule has 0 spiro atoms. The number of hydrogen-bond donors (Lipinski definition) is 1. The number of carbonyl (C=O) groups is 1. The number of aliphatic imine (C=N–C) groups is 1. The third-order valence-corrected chi connectivity index (χ3v) is 6.30. The SMILES string of the molecule is Cc1ccc2c(c1)CCC1=C(C2)N=CC(OS(=O)(=O)O)C1=C1CCN(C=O)CC1. The van der Waals surface area contributed by atoms with Crippen molar-refractivity contribution in [1.82, 2.24) is 4.90 Å². The van der Waals surface area contributed by atoms with Crippen LogP contribution in [0.15, 0.2) is 45.6 Å². The number of amides is 1. The highest BCUT2D eigenvalue weighted by Crippen LogP contribution is 2.38. The molecular weight excluding hydrogens is 392 g/mol. The first kappa shape index (κ1) is 20.0. The fourth-order valence-corrected chi connectivity index (χ4v) is 4.86. The molecular formula is C21H24N2O5S. The summed E-state index contributed by atoms with van der Waals surface area (Å²) in [5.74, 6) is 0. The van der Waals surface area contributed by atoms with Crippen LogP contribution < -0.4 is 0 Å². The number of hydrogen-bond acceptors (Lipinski definition) is 5. The minimum atomic E-state index is -4.63. The molecule has 0 radical (unpaired) electrons. The van der Waals surface area contributed by atoms with Crippen molar-refractivity contribution in [2.24, 2.45) is 4.99 Å². The summed E-state index contributed by atoms with van der Waals surface area (Å²) in [7, 11) is -4.63. The van der Waals surface area contributed by atoms with Gasteiger partial charge in [-0.2, -0.15) is 8.42 Å². The topological polar surface area (TPSA) is 96.3 Å². The summed E-state index contributed by atoms with van der Waals surface area (Å²) in [6, 6.07) is 6.42. The Morgan fingerprint density at radius 3 is 2.62 bits per heavy atom. The predicted octanol–water partition coefficient (Wildman–Crippen LogP) is 2.56. The molecule has 0 bridgehead atoms. The normalized spacial score (nSPS) is 22.3. The Balaban J connectivity index is 1.74. The average Bonchev–Trinajstić information content (AvgIpc) is 2.86. The monoisotopic (exact) mass is 416 g/mol. The zero-order valence-corrected chi connectivity index (χ0v) is 17.1. The molecule has 1 amide bonds. The van der Waals surface area contributed by atoms with Crippen molar-refractivity contribution in [2.75, 3.05) is 13.1 Å². The lowest BCUT2D eigenvalue weighted by atomic mass is 9.85. The van der Waals surface area contributed by atoms with Gasteiger partial charge in [0.1, 0.15) is 6.10 Å². The summed E-state index contributed by atoms with van der Waals surface area (Å²) >= 11 is 0. The smallest absolute Gasteiger partial charge is 0.345 e. The van der Waals surface area contributed by atoms with Gasteiger partial charge in [0.05, 0.1) is 0 Å². The molecule has 1 N–H and O–H groups in total. The van der Waals surface area contributed by atoms with Crippen LogP contribution in [-0.2, 0) is 32.2 Å². The number of piperidine rings is 1. The first-order valence-electron chi connectivity index (χ1n) is 9.76. The highest BCUT2D eigenvalue weighted by Gasteiger charge is 2.32. The van der Waals surface area contributed by atoms with E-state index >= 15 is 0 Å². The largest absolute Gasteiger partial charge is 0.398 e. The van der Waals surface area contributed by atoms with E-state index in [-0.39, 0.29) is 0 Å². The highest BCUT2D eigenvalue weighted by atomic mass is 32.3. The first-order chi connectivity index (χ1) is 13.8. The first-order valence-corrected chi connectivity index (χ1v) is 11.1. The maximum Gasteiger partial charge on any atom is 0.398 e. The molecule has 0 aromatic heterocycles. The van der Waals surface area contributed by atoms with Crippen molar-refractivity contribution < 1.29 is 21.9 Å². The summed E-state index contributed by atoms with van der Waals surface area (Å²) in [6.07, 6.45) is 4.91. The minimum Gasteiger partial charge on any atom is -0.345 e. The van der Waals surface area contributed by atoms with Crippen LogP contribution in [0.3, 0.4) is 0 Å². The van der Waals surface area contributed by atoms with E-state index in [9.17, 15) is 17.8 Å². The van der Waals surface area contributed by atoms with E-state index in [1.165, 1.54) is 22.9 Å². The lowest BCUT2D eigenvalue weighted by Crippen LogP contribution is -2.33. The standard InChI is InChI=1S/C21H24N2O5S/c1-14-2-3-17-11-19-18(5-4-16(17)10-14)21(15-6-8-23(13-24)9-7-15)20(12-22-19)28-29(25,26)27/h2-3,10,12-13,20H,4-9,11H2,1H3,(H,25,26,27). The van der Waals surface area contributed by atoms with Gasteiger partial charge in [-0.05, 0) is 54.9 Å². The summed E-state index contributed by atoms with van der Waals surface area (Å²) < 4.78 is 37.2. The third-order valence-electron chi connectivity index (χ3n) is 5.84. The van der Waals surface area contributed by atoms with Gasteiger partial charge in [-0.3, -0.25) is 14.3 Å². The number of rotatable bonds is 3. The van der Waals surface area contributed by atoms with Gasteiger partial charge in [-0.25, -0.2) is 4.18 Å². The van der Waals surface area contributed by atoms with Crippen LogP contribution in [0.1, 0.15) is 36.0 Å². The summed E-state index contributed by atoms with van der Waals surface area (Å²) in [4.78, 5) is 17.3. The number of allylic oxidation sites excluding steroid dienone is 1. The number of benzene rings is 1. The summed E-state index contributed by atoms with van der Waals surface area (Å²) in [6.45, 7) is 3.24. The quantitative estimate of drug-likeness (QED) is 0.603. The Labute approximate surface area is 170 Å². The fraction of sp³-hybridized carbons (Fsp3) is 0.429. The van der Waals surface area contributed by atoms with Crippen molar-refractivity contribution in [1.29, 1.82) is 0 Å². The zero-order chi connectivity index (χ0) is 20.6. The number of fused-ring (bicyclic) bond motifs is 1. The van der Waals surface area contributed by atoms with Crippen molar-refractivity contribution in [2.45, 2.75) is 45.1 Å². The van der Waals surface area contributed by atoms with Crippen LogP contribution in [0.25, 0.3) is 0 Å². The second kappa shape index (κ2) is 7.85. The second-order valence-corrected chi connectivity index (χ2v) is 8.80.